The van der Waals surface area contributed by atoms with E-state index in [1.807, 2.05) is 18.2 Å². The van der Waals surface area contributed by atoms with Crippen LogP contribution in [0.15, 0.2) is 67.1 Å². The van der Waals surface area contributed by atoms with Gasteiger partial charge >= 0.3 is 11.4 Å². The zero-order valence-corrected chi connectivity index (χ0v) is 13.9. The normalized spacial score (nSPS) is 11.1. The summed E-state index contributed by atoms with van der Waals surface area (Å²) in [5, 5.41) is 14.1. The molecular weight excluding hydrogens is 360 g/mol. The first kappa shape index (κ1) is 16.2. The largest absolute Gasteiger partial charge is 0.506 e. The molecule has 2 aromatic heterocycles. The highest BCUT2D eigenvalue weighted by Crippen LogP contribution is 2.30. The van der Waals surface area contributed by atoms with Gasteiger partial charge in [-0.1, -0.05) is 47.1 Å². The fourth-order valence-corrected chi connectivity index (χ4v) is 2.90. The number of aromatic nitrogens is 2. The van der Waals surface area contributed by atoms with E-state index in [9.17, 15) is 14.7 Å². The number of aromatic hydroxyl groups is 1. The minimum Gasteiger partial charge on any atom is -0.506 e. The lowest BCUT2D eigenvalue weighted by molar-refractivity contribution is 0.378. The third-order valence-electron chi connectivity index (χ3n) is 3.94. The van der Waals surface area contributed by atoms with Crippen LogP contribution < -0.4 is 11.4 Å². The lowest BCUT2D eigenvalue weighted by Crippen LogP contribution is -2.17. The molecule has 0 amide bonds. The summed E-state index contributed by atoms with van der Waals surface area (Å²) in [6.07, 6.45) is 0. The van der Waals surface area contributed by atoms with Crippen molar-refractivity contribution >= 4 is 22.6 Å². The Morgan fingerprint density at radius 2 is 1.88 bits per heavy atom. The highest BCUT2D eigenvalue weighted by molar-refractivity contribution is 6.32. The standard InChI is InChI=1S/C18H11ClN2O5/c19-13-7-12-11(6-16(23)25-15(12)8-14(13)22)9-21-17(20-26-18(21)24)10-4-2-1-3-5-10/h1-8,22H,9H2. The van der Waals surface area contributed by atoms with Gasteiger partial charge < -0.3 is 9.52 Å². The highest BCUT2D eigenvalue weighted by Gasteiger charge is 2.16. The number of phenols is 1. The van der Waals surface area contributed by atoms with E-state index in [-0.39, 0.29) is 22.9 Å². The molecule has 4 rings (SSSR count). The van der Waals surface area contributed by atoms with E-state index in [0.717, 1.165) is 0 Å². The zero-order valence-electron chi connectivity index (χ0n) is 13.2. The van der Waals surface area contributed by atoms with Gasteiger partial charge in [0.1, 0.15) is 11.3 Å². The van der Waals surface area contributed by atoms with E-state index in [1.54, 1.807) is 12.1 Å². The van der Waals surface area contributed by atoms with Crippen molar-refractivity contribution in [1.82, 2.24) is 9.72 Å². The molecule has 0 unspecified atom stereocenters. The predicted octanol–water partition coefficient (Wildman–Crippen LogP) is 3.02. The summed E-state index contributed by atoms with van der Waals surface area (Å²) >= 11 is 5.97. The molecule has 0 spiro atoms. The SMILES string of the molecule is O=c1cc(Cn2c(-c3ccccc3)noc2=O)c2cc(Cl)c(O)cc2o1. The smallest absolute Gasteiger partial charge is 0.442 e. The summed E-state index contributed by atoms with van der Waals surface area (Å²) in [7, 11) is 0. The van der Waals surface area contributed by atoms with Crippen LogP contribution in [0, 0.1) is 0 Å². The number of benzene rings is 2. The quantitative estimate of drug-likeness (QED) is 0.556. The van der Waals surface area contributed by atoms with Crippen molar-refractivity contribution < 1.29 is 14.0 Å². The highest BCUT2D eigenvalue weighted by atomic mass is 35.5. The second-order valence-electron chi connectivity index (χ2n) is 5.61. The van der Waals surface area contributed by atoms with Crippen LogP contribution >= 0.6 is 11.6 Å². The lowest BCUT2D eigenvalue weighted by atomic mass is 10.1. The molecule has 2 heterocycles. The number of rotatable bonds is 3. The molecule has 0 saturated carbocycles. The van der Waals surface area contributed by atoms with Crippen LogP contribution in [0.4, 0.5) is 0 Å². The molecular formula is C18H11ClN2O5. The maximum absolute atomic E-state index is 12.1. The first-order valence-electron chi connectivity index (χ1n) is 7.60. The van der Waals surface area contributed by atoms with E-state index in [0.29, 0.717) is 22.3 Å². The van der Waals surface area contributed by atoms with Crippen molar-refractivity contribution in [3.63, 3.8) is 0 Å². The average molecular weight is 371 g/mol. The van der Waals surface area contributed by atoms with Gasteiger partial charge in [-0.3, -0.25) is 9.09 Å². The van der Waals surface area contributed by atoms with Crippen LogP contribution in [0.5, 0.6) is 5.75 Å². The molecule has 0 bridgehead atoms. The molecule has 8 heteroatoms. The Hall–Kier alpha value is -3.32. The molecule has 0 radical (unpaired) electrons. The van der Waals surface area contributed by atoms with Crippen molar-refractivity contribution in [2.75, 3.05) is 0 Å². The van der Waals surface area contributed by atoms with E-state index < -0.39 is 11.4 Å². The van der Waals surface area contributed by atoms with E-state index >= 15 is 0 Å². The van der Waals surface area contributed by atoms with Crippen molar-refractivity contribution in [1.29, 1.82) is 0 Å². The van der Waals surface area contributed by atoms with Crippen LogP contribution in [-0.4, -0.2) is 14.8 Å². The lowest BCUT2D eigenvalue weighted by Gasteiger charge is -2.08. The van der Waals surface area contributed by atoms with Crippen molar-refractivity contribution in [2.24, 2.45) is 0 Å². The number of fused-ring (bicyclic) bond motifs is 1. The number of hydrogen-bond acceptors (Lipinski definition) is 6. The fourth-order valence-electron chi connectivity index (χ4n) is 2.74. The fraction of sp³-hybridized carbons (Fsp3) is 0.0556. The van der Waals surface area contributed by atoms with Gasteiger partial charge in [-0.2, -0.15) is 0 Å². The van der Waals surface area contributed by atoms with Crippen molar-refractivity contribution in [3.05, 3.63) is 80.1 Å². The number of phenolic OH excluding ortho intramolecular Hbond substituents is 1. The van der Waals surface area contributed by atoms with Crippen LogP contribution in [0.2, 0.25) is 5.02 Å². The molecule has 0 saturated heterocycles. The van der Waals surface area contributed by atoms with Gasteiger partial charge in [0.15, 0.2) is 5.82 Å². The van der Waals surface area contributed by atoms with E-state index in [2.05, 4.69) is 5.16 Å². The Morgan fingerprint density at radius 3 is 2.65 bits per heavy atom. The Labute approximate surface area is 150 Å². The number of hydrogen-bond donors (Lipinski definition) is 1. The Balaban J connectivity index is 1.89. The number of halogens is 1. The molecule has 7 nitrogen and oxygen atoms in total. The molecule has 0 aliphatic rings. The van der Waals surface area contributed by atoms with Gasteiger partial charge in [0.05, 0.1) is 11.6 Å². The third kappa shape index (κ3) is 2.78. The van der Waals surface area contributed by atoms with Gasteiger partial charge in [0, 0.05) is 23.1 Å². The van der Waals surface area contributed by atoms with Gasteiger partial charge in [-0.05, 0) is 11.6 Å². The van der Waals surface area contributed by atoms with Gasteiger partial charge in [0.2, 0.25) is 0 Å². The van der Waals surface area contributed by atoms with Crippen molar-refractivity contribution in [2.45, 2.75) is 6.54 Å². The van der Waals surface area contributed by atoms with Crippen LogP contribution in [-0.2, 0) is 6.54 Å². The monoisotopic (exact) mass is 370 g/mol. The van der Waals surface area contributed by atoms with Crippen LogP contribution in [0.1, 0.15) is 5.56 Å². The summed E-state index contributed by atoms with van der Waals surface area (Å²) in [4.78, 5) is 24.0. The molecule has 4 aromatic rings. The van der Waals surface area contributed by atoms with Gasteiger partial charge in [0.25, 0.3) is 0 Å². The minimum absolute atomic E-state index is 0.0236. The summed E-state index contributed by atoms with van der Waals surface area (Å²) in [5.74, 6) is -0.524. The molecule has 0 aliphatic heterocycles. The minimum atomic E-state index is -0.657. The topological polar surface area (TPSA) is 98.5 Å². The van der Waals surface area contributed by atoms with Crippen LogP contribution in [0.3, 0.4) is 0 Å². The first-order chi connectivity index (χ1) is 12.5. The molecule has 0 atom stereocenters. The van der Waals surface area contributed by atoms with Gasteiger partial charge in [-0.15, -0.1) is 0 Å². The first-order valence-corrected chi connectivity index (χ1v) is 7.98. The second kappa shape index (κ2) is 6.20. The molecule has 130 valence electrons. The molecule has 26 heavy (non-hydrogen) atoms. The second-order valence-corrected chi connectivity index (χ2v) is 6.02. The Morgan fingerprint density at radius 1 is 1.12 bits per heavy atom. The molecule has 2 aromatic carbocycles. The third-order valence-corrected chi connectivity index (χ3v) is 4.25. The Bertz CT molecular complexity index is 1220. The zero-order chi connectivity index (χ0) is 18.3. The van der Waals surface area contributed by atoms with Gasteiger partial charge in [-0.25, -0.2) is 9.59 Å². The summed E-state index contributed by atoms with van der Waals surface area (Å²) in [5.41, 5.74) is 0.738. The summed E-state index contributed by atoms with van der Waals surface area (Å²) < 4.78 is 11.2. The number of nitrogens with zero attached hydrogens (tertiary/aromatic N) is 2. The molecule has 1 N–H and O–H groups in total. The maximum Gasteiger partial charge on any atom is 0.442 e. The molecule has 0 aliphatic carbocycles. The summed E-state index contributed by atoms with van der Waals surface area (Å²) in [6, 6.07) is 13.1. The maximum atomic E-state index is 12.1. The van der Waals surface area contributed by atoms with E-state index in [4.69, 9.17) is 20.5 Å². The molecule has 0 fully saturated rings. The average Bonchev–Trinajstić information content (AvgIpc) is 2.98. The predicted molar refractivity (Wildman–Crippen MR) is 94.5 cm³/mol. The van der Waals surface area contributed by atoms with E-state index in [1.165, 1.54) is 22.8 Å². The van der Waals surface area contributed by atoms with Crippen molar-refractivity contribution in [3.8, 4) is 17.1 Å². The van der Waals surface area contributed by atoms with Crippen LogP contribution in [0.25, 0.3) is 22.4 Å². The Kier molecular flexibility index (Phi) is 3.85. The summed E-state index contributed by atoms with van der Waals surface area (Å²) in [6.45, 7) is 0.0236.